The molecule has 0 saturated heterocycles. The molecule has 0 aromatic heterocycles. The smallest absolute Gasteiger partial charge is 0.262 e. The third-order valence-electron chi connectivity index (χ3n) is 3.12. The van der Waals surface area contributed by atoms with Crippen molar-refractivity contribution in [2.24, 2.45) is 0 Å². The maximum absolute atomic E-state index is 12.2. The second kappa shape index (κ2) is 3.70. The zero-order valence-corrected chi connectivity index (χ0v) is 9.17. The van der Waals surface area contributed by atoms with Crippen LogP contribution in [0.1, 0.15) is 27.1 Å². The number of hydrogen-bond donors (Lipinski definition) is 0. The maximum atomic E-state index is 12.2. The van der Waals surface area contributed by atoms with Gasteiger partial charge in [0.2, 0.25) is 0 Å². The van der Waals surface area contributed by atoms with Gasteiger partial charge >= 0.3 is 0 Å². The summed E-state index contributed by atoms with van der Waals surface area (Å²) in [5.74, 6) is -0.369. The fourth-order valence-electron chi connectivity index (χ4n) is 2.27. The molecule has 17 heavy (non-hydrogen) atoms. The Labute approximate surface area is 99.0 Å². The van der Waals surface area contributed by atoms with Crippen LogP contribution in [0.15, 0.2) is 48.6 Å². The van der Waals surface area contributed by atoms with Crippen molar-refractivity contribution < 1.29 is 9.59 Å². The quantitative estimate of drug-likeness (QED) is 0.687. The number of imide groups is 1. The van der Waals surface area contributed by atoms with Gasteiger partial charge in [0, 0.05) is 0 Å². The van der Waals surface area contributed by atoms with Crippen LogP contribution in [0.2, 0.25) is 0 Å². The summed E-state index contributed by atoms with van der Waals surface area (Å²) in [5.41, 5.74) is 1.03. The Kier molecular flexibility index (Phi) is 2.18. The maximum Gasteiger partial charge on any atom is 0.262 e. The van der Waals surface area contributed by atoms with Crippen molar-refractivity contribution in [3.8, 4) is 0 Å². The fourth-order valence-corrected chi connectivity index (χ4v) is 2.27. The number of carbonyl (C=O) groups is 2. The van der Waals surface area contributed by atoms with Crippen LogP contribution in [0.5, 0.6) is 0 Å². The highest BCUT2D eigenvalue weighted by Crippen LogP contribution is 2.26. The number of hydrogen-bond acceptors (Lipinski definition) is 2. The molecule has 1 aromatic carbocycles. The lowest BCUT2D eigenvalue weighted by Gasteiger charge is -2.23. The first-order chi connectivity index (χ1) is 8.29. The zero-order valence-electron chi connectivity index (χ0n) is 9.17. The van der Waals surface area contributed by atoms with Gasteiger partial charge in [0.25, 0.3) is 11.8 Å². The molecule has 1 aliphatic heterocycles. The van der Waals surface area contributed by atoms with E-state index >= 15 is 0 Å². The lowest BCUT2D eigenvalue weighted by molar-refractivity contribution is 0.0615. The molecule has 2 aliphatic rings. The molecule has 0 bridgehead atoms. The molecule has 2 amide bonds. The van der Waals surface area contributed by atoms with Crippen LogP contribution < -0.4 is 0 Å². The van der Waals surface area contributed by atoms with Gasteiger partial charge in [0.15, 0.2) is 0 Å². The SMILES string of the molecule is O=C1c2ccccc2C(=O)N1[C@@H]1C=CC=CC1. The molecule has 1 heterocycles. The first-order valence-electron chi connectivity index (χ1n) is 5.59. The summed E-state index contributed by atoms with van der Waals surface area (Å²) >= 11 is 0. The minimum atomic E-state index is -0.185. The normalized spacial score (nSPS) is 22.1. The number of allylic oxidation sites excluding steroid dienone is 2. The van der Waals surface area contributed by atoms with E-state index in [0.717, 1.165) is 0 Å². The molecule has 0 fully saturated rings. The minimum Gasteiger partial charge on any atom is -0.269 e. The van der Waals surface area contributed by atoms with Crippen LogP contribution in [0, 0.1) is 0 Å². The lowest BCUT2D eigenvalue weighted by Crippen LogP contribution is -2.38. The van der Waals surface area contributed by atoms with Crippen LogP contribution in [0.3, 0.4) is 0 Å². The highest BCUT2D eigenvalue weighted by atomic mass is 16.2. The Morgan fingerprint density at radius 2 is 1.65 bits per heavy atom. The fraction of sp³-hybridized carbons (Fsp3) is 0.143. The van der Waals surface area contributed by atoms with Gasteiger partial charge in [-0.2, -0.15) is 0 Å². The summed E-state index contributed by atoms with van der Waals surface area (Å²) < 4.78 is 0. The van der Waals surface area contributed by atoms with E-state index in [1.807, 2.05) is 24.3 Å². The summed E-state index contributed by atoms with van der Waals surface area (Å²) in [6, 6.07) is 6.83. The van der Waals surface area contributed by atoms with E-state index in [0.29, 0.717) is 17.5 Å². The number of fused-ring (bicyclic) bond motifs is 1. The standard InChI is InChI=1S/C14H11NO2/c16-13-11-8-4-5-9-12(11)14(17)15(13)10-6-2-1-3-7-10/h1-6,8-10H,7H2/t10-/m1/s1. The van der Waals surface area contributed by atoms with Crippen molar-refractivity contribution in [3.05, 3.63) is 59.7 Å². The number of carbonyl (C=O) groups excluding carboxylic acids is 2. The van der Waals surface area contributed by atoms with Gasteiger partial charge in [0.1, 0.15) is 0 Å². The number of rotatable bonds is 1. The van der Waals surface area contributed by atoms with Gasteiger partial charge in [-0.1, -0.05) is 36.4 Å². The second-order valence-corrected chi connectivity index (χ2v) is 4.14. The molecule has 0 N–H and O–H groups in total. The topological polar surface area (TPSA) is 37.4 Å². The molecule has 3 rings (SSSR count). The van der Waals surface area contributed by atoms with Gasteiger partial charge in [-0.25, -0.2) is 0 Å². The summed E-state index contributed by atoms with van der Waals surface area (Å²) in [4.78, 5) is 25.7. The van der Waals surface area contributed by atoms with E-state index in [2.05, 4.69) is 0 Å². The van der Waals surface area contributed by atoms with E-state index < -0.39 is 0 Å². The monoisotopic (exact) mass is 225 g/mol. The third kappa shape index (κ3) is 1.43. The van der Waals surface area contributed by atoms with Crippen LogP contribution in [0.25, 0.3) is 0 Å². The van der Waals surface area contributed by atoms with Crippen LogP contribution in [-0.2, 0) is 0 Å². The van der Waals surface area contributed by atoms with Gasteiger partial charge < -0.3 is 0 Å². The predicted octanol–water partition coefficient (Wildman–Crippen LogP) is 2.17. The molecule has 0 saturated carbocycles. The summed E-state index contributed by atoms with van der Waals surface area (Å²) in [5, 5.41) is 0. The molecule has 0 unspecified atom stereocenters. The molecule has 84 valence electrons. The summed E-state index contributed by atoms with van der Waals surface area (Å²) in [6.45, 7) is 0. The summed E-state index contributed by atoms with van der Waals surface area (Å²) in [7, 11) is 0. The Hall–Kier alpha value is -2.16. The van der Waals surface area contributed by atoms with E-state index in [4.69, 9.17) is 0 Å². The Balaban J connectivity index is 2.00. The number of nitrogens with zero attached hydrogens (tertiary/aromatic N) is 1. The molecule has 1 atom stereocenters. The van der Waals surface area contributed by atoms with Crippen LogP contribution in [0.4, 0.5) is 0 Å². The first-order valence-corrected chi connectivity index (χ1v) is 5.59. The third-order valence-corrected chi connectivity index (χ3v) is 3.12. The molecular formula is C14H11NO2. The van der Waals surface area contributed by atoms with Gasteiger partial charge in [-0.15, -0.1) is 0 Å². The Bertz CT molecular complexity index is 522. The molecule has 0 radical (unpaired) electrons. The molecular weight excluding hydrogens is 214 g/mol. The van der Waals surface area contributed by atoms with Gasteiger partial charge in [-0.3, -0.25) is 14.5 Å². The van der Waals surface area contributed by atoms with Crippen LogP contribution >= 0.6 is 0 Å². The van der Waals surface area contributed by atoms with E-state index in [-0.39, 0.29) is 17.9 Å². The largest absolute Gasteiger partial charge is 0.269 e. The zero-order chi connectivity index (χ0) is 11.8. The van der Waals surface area contributed by atoms with Crippen molar-refractivity contribution in [1.29, 1.82) is 0 Å². The molecule has 3 nitrogen and oxygen atoms in total. The second-order valence-electron chi connectivity index (χ2n) is 4.14. The van der Waals surface area contributed by atoms with E-state index in [9.17, 15) is 9.59 Å². The van der Waals surface area contributed by atoms with Gasteiger partial charge in [-0.05, 0) is 18.6 Å². The number of benzene rings is 1. The molecule has 3 heteroatoms. The minimum absolute atomic E-state index is 0.146. The highest BCUT2D eigenvalue weighted by molar-refractivity contribution is 6.21. The van der Waals surface area contributed by atoms with Crippen molar-refractivity contribution in [1.82, 2.24) is 4.90 Å². The van der Waals surface area contributed by atoms with Crippen molar-refractivity contribution in [2.45, 2.75) is 12.5 Å². The van der Waals surface area contributed by atoms with Crippen molar-refractivity contribution in [3.63, 3.8) is 0 Å². The molecule has 0 spiro atoms. The van der Waals surface area contributed by atoms with Crippen molar-refractivity contribution in [2.75, 3.05) is 0 Å². The van der Waals surface area contributed by atoms with Gasteiger partial charge in [0.05, 0.1) is 17.2 Å². The number of amides is 2. The molecule has 1 aromatic rings. The highest BCUT2D eigenvalue weighted by Gasteiger charge is 2.38. The van der Waals surface area contributed by atoms with E-state index in [1.54, 1.807) is 24.3 Å². The molecule has 1 aliphatic carbocycles. The predicted molar refractivity (Wildman–Crippen MR) is 63.6 cm³/mol. The lowest BCUT2D eigenvalue weighted by atomic mass is 10.1. The van der Waals surface area contributed by atoms with Crippen molar-refractivity contribution >= 4 is 11.8 Å². The Morgan fingerprint density at radius 3 is 2.18 bits per heavy atom. The average molecular weight is 225 g/mol. The van der Waals surface area contributed by atoms with Crippen LogP contribution in [-0.4, -0.2) is 22.8 Å². The summed E-state index contributed by atoms with van der Waals surface area (Å²) in [6.07, 6.45) is 8.35. The first kappa shape index (κ1) is 10.0. The Morgan fingerprint density at radius 1 is 1.00 bits per heavy atom. The van der Waals surface area contributed by atoms with E-state index in [1.165, 1.54) is 4.90 Å². The average Bonchev–Trinajstić information content (AvgIpc) is 2.64.